The highest BCUT2D eigenvalue weighted by Gasteiger charge is 2.24. The van der Waals surface area contributed by atoms with E-state index in [1.165, 1.54) is 25.5 Å². The van der Waals surface area contributed by atoms with Crippen LogP contribution < -0.4 is 5.32 Å². The molecule has 0 aromatic carbocycles. The molecule has 1 saturated heterocycles. The van der Waals surface area contributed by atoms with E-state index in [1.54, 1.807) is 9.88 Å². The van der Waals surface area contributed by atoms with Crippen molar-refractivity contribution in [1.29, 1.82) is 0 Å². The number of allylic oxidation sites excluding steroid dienone is 1. The summed E-state index contributed by atoms with van der Waals surface area (Å²) in [6.45, 7) is 2.37. The predicted molar refractivity (Wildman–Crippen MR) is 74.0 cm³/mol. The zero-order chi connectivity index (χ0) is 13.0. The molecule has 1 aliphatic heterocycles. The van der Waals surface area contributed by atoms with Gasteiger partial charge in [0, 0.05) is 19.1 Å². The van der Waals surface area contributed by atoms with E-state index in [-0.39, 0.29) is 0 Å². The van der Waals surface area contributed by atoms with Gasteiger partial charge in [0.15, 0.2) is 0 Å². The number of sulfonamides is 1. The standard InChI is InChI=1S/C13H24N2O2S/c1-18(16,17)15-10-7-13(8-11-15)14-9-6-12-4-2-3-5-12/h4,13-14H,2-3,5-11H2,1H3. The molecule has 1 fully saturated rings. The topological polar surface area (TPSA) is 49.4 Å². The molecule has 1 aliphatic carbocycles. The highest BCUT2D eigenvalue weighted by Crippen LogP contribution is 2.20. The van der Waals surface area contributed by atoms with Crippen molar-refractivity contribution in [1.82, 2.24) is 9.62 Å². The van der Waals surface area contributed by atoms with Gasteiger partial charge in [0.1, 0.15) is 0 Å². The Balaban J connectivity index is 1.64. The summed E-state index contributed by atoms with van der Waals surface area (Å²) in [7, 11) is -2.99. The van der Waals surface area contributed by atoms with E-state index in [4.69, 9.17) is 0 Å². The van der Waals surface area contributed by atoms with E-state index in [2.05, 4.69) is 11.4 Å². The Morgan fingerprint density at radius 2 is 2.11 bits per heavy atom. The second-order valence-electron chi connectivity index (χ2n) is 5.40. The van der Waals surface area contributed by atoms with Gasteiger partial charge in [0.2, 0.25) is 10.0 Å². The molecule has 18 heavy (non-hydrogen) atoms. The van der Waals surface area contributed by atoms with Crippen LogP contribution in [0.5, 0.6) is 0 Å². The normalized spacial score (nSPS) is 23.3. The van der Waals surface area contributed by atoms with Gasteiger partial charge < -0.3 is 5.32 Å². The van der Waals surface area contributed by atoms with Gasteiger partial charge in [-0.15, -0.1) is 0 Å². The molecular formula is C13H24N2O2S. The summed E-state index contributed by atoms with van der Waals surface area (Å²) in [5, 5.41) is 3.56. The minimum atomic E-state index is -2.99. The molecule has 0 atom stereocenters. The van der Waals surface area contributed by atoms with Crippen molar-refractivity contribution in [2.75, 3.05) is 25.9 Å². The quantitative estimate of drug-likeness (QED) is 0.772. The third-order valence-electron chi connectivity index (χ3n) is 3.94. The van der Waals surface area contributed by atoms with Gasteiger partial charge in [-0.05, 0) is 45.1 Å². The molecule has 1 N–H and O–H groups in total. The highest BCUT2D eigenvalue weighted by atomic mass is 32.2. The van der Waals surface area contributed by atoms with Crippen LogP contribution in [0.1, 0.15) is 38.5 Å². The van der Waals surface area contributed by atoms with Crippen molar-refractivity contribution in [2.24, 2.45) is 0 Å². The van der Waals surface area contributed by atoms with Gasteiger partial charge in [-0.25, -0.2) is 12.7 Å². The molecule has 2 aliphatic rings. The SMILES string of the molecule is CS(=O)(=O)N1CCC(NCCC2=CCCC2)CC1. The van der Waals surface area contributed by atoms with Gasteiger partial charge in [0.25, 0.3) is 0 Å². The lowest BCUT2D eigenvalue weighted by atomic mass is 10.1. The fraction of sp³-hybridized carbons (Fsp3) is 0.846. The predicted octanol–water partition coefficient (Wildman–Crippen LogP) is 1.50. The molecule has 4 nitrogen and oxygen atoms in total. The van der Waals surface area contributed by atoms with Crippen molar-refractivity contribution in [3.63, 3.8) is 0 Å². The van der Waals surface area contributed by atoms with Gasteiger partial charge >= 0.3 is 0 Å². The number of hydrogen-bond acceptors (Lipinski definition) is 3. The van der Waals surface area contributed by atoms with Crippen LogP contribution in [0, 0.1) is 0 Å². The average Bonchev–Trinajstić information content (AvgIpc) is 2.82. The third-order valence-corrected chi connectivity index (χ3v) is 5.24. The molecule has 2 rings (SSSR count). The zero-order valence-electron chi connectivity index (χ0n) is 11.2. The number of nitrogens with zero attached hydrogens (tertiary/aromatic N) is 1. The summed E-state index contributed by atoms with van der Waals surface area (Å²) < 4.78 is 24.3. The smallest absolute Gasteiger partial charge is 0.211 e. The van der Waals surface area contributed by atoms with E-state index in [0.717, 1.165) is 25.8 Å². The Morgan fingerprint density at radius 1 is 1.39 bits per heavy atom. The summed E-state index contributed by atoms with van der Waals surface area (Å²) in [4.78, 5) is 0. The van der Waals surface area contributed by atoms with Crippen LogP contribution in [0.2, 0.25) is 0 Å². The third kappa shape index (κ3) is 4.07. The molecule has 0 saturated carbocycles. The van der Waals surface area contributed by atoms with Crippen LogP contribution in [-0.2, 0) is 10.0 Å². The molecule has 104 valence electrons. The Hall–Kier alpha value is -0.390. The second-order valence-corrected chi connectivity index (χ2v) is 7.38. The summed E-state index contributed by atoms with van der Waals surface area (Å²) >= 11 is 0. The maximum absolute atomic E-state index is 11.4. The molecule has 0 bridgehead atoms. The maximum atomic E-state index is 11.4. The molecular weight excluding hydrogens is 248 g/mol. The number of piperidine rings is 1. The van der Waals surface area contributed by atoms with Crippen LogP contribution in [-0.4, -0.2) is 44.7 Å². The minimum absolute atomic E-state index is 0.491. The summed E-state index contributed by atoms with van der Waals surface area (Å²) in [5.74, 6) is 0. The first-order chi connectivity index (χ1) is 8.55. The molecule has 0 aromatic heterocycles. The first kappa shape index (κ1) is 14.0. The molecule has 0 aromatic rings. The van der Waals surface area contributed by atoms with Crippen molar-refractivity contribution < 1.29 is 8.42 Å². The van der Waals surface area contributed by atoms with Crippen LogP contribution >= 0.6 is 0 Å². The van der Waals surface area contributed by atoms with Crippen molar-refractivity contribution in [2.45, 2.75) is 44.6 Å². The Labute approximate surface area is 110 Å². The summed E-state index contributed by atoms with van der Waals surface area (Å²) in [5.41, 5.74) is 1.59. The Bertz CT molecular complexity index is 395. The van der Waals surface area contributed by atoms with Gasteiger partial charge in [-0.3, -0.25) is 0 Å². The van der Waals surface area contributed by atoms with Gasteiger partial charge in [0.05, 0.1) is 6.26 Å². The van der Waals surface area contributed by atoms with Crippen LogP contribution in [0.4, 0.5) is 0 Å². The fourth-order valence-electron chi connectivity index (χ4n) is 2.79. The van der Waals surface area contributed by atoms with Gasteiger partial charge in [-0.2, -0.15) is 0 Å². The van der Waals surface area contributed by atoms with E-state index in [9.17, 15) is 8.42 Å². The Kier molecular flexibility index (Phi) is 4.81. The van der Waals surface area contributed by atoms with Crippen LogP contribution in [0.3, 0.4) is 0 Å². The molecule has 0 radical (unpaired) electrons. The van der Waals surface area contributed by atoms with Crippen molar-refractivity contribution >= 4 is 10.0 Å². The first-order valence-corrected chi connectivity index (χ1v) is 8.77. The lowest BCUT2D eigenvalue weighted by molar-refractivity contribution is 0.292. The fourth-order valence-corrected chi connectivity index (χ4v) is 3.67. The number of rotatable bonds is 5. The van der Waals surface area contributed by atoms with Crippen LogP contribution in [0.15, 0.2) is 11.6 Å². The van der Waals surface area contributed by atoms with E-state index in [1.807, 2.05) is 0 Å². The van der Waals surface area contributed by atoms with Crippen LogP contribution in [0.25, 0.3) is 0 Å². The molecule has 0 amide bonds. The van der Waals surface area contributed by atoms with Crippen molar-refractivity contribution in [3.05, 3.63) is 11.6 Å². The van der Waals surface area contributed by atoms with E-state index < -0.39 is 10.0 Å². The van der Waals surface area contributed by atoms with Gasteiger partial charge in [-0.1, -0.05) is 11.6 Å². The minimum Gasteiger partial charge on any atom is -0.314 e. The molecule has 0 unspecified atom stereocenters. The monoisotopic (exact) mass is 272 g/mol. The zero-order valence-corrected chi connectivity index (χ0v) is 12.0. The van der Waals surface area contributed by atoms with E-state index in [0.29, 0.717) is 19.1 Å². The number of nitrogens with one attached hydrogen (secondary N) is 1. The summed E-state index contributed by atoms with van der Waals surface area (Å²) in [6.07, 6.45) is 10.5. The van der Waals surface area contributed by atoms with E-state index >= 15 is 0 Å². The lowest BCUT2D eigenvalue weighted by Gasteiger charge is -2.30. The largest absolute Gasteiger partial charge is 0.314 e. The highest BCUT2D eigenvalue weighted by molar-refractivity contribution is 7.88. The summed E-state index contributed by atoms with van der Waals surface area (Å²) in [6, 6.07) is 0.491. The molecule has 5 heteroatoms. The second kappa shape index (κ2) is 6.17. The number of hydrogen-bond donors (Lipinski definition) is 1. The maximum Gasteiger partial charge on any atom is 0.211 e. The first-order valence-electron chi connectivity index (χ1n) is 6.92. The molecule has 1 heterocycles. The van der Waals surface area contributed by atoms with Crippen molar-refractivity contribution in [3.8, 4) is 0 Å². The molecule has 0 spiro atoms. The lowest BCUT2D eigenvalue weighted by Crippen LogP contribution is -2.44. The Morgan fingerprint density at radius 3 is 2.67 bits per heavy atom. The average molecular weight is 272 g/mol.